The molecule has 3 heteroatoms. The molecule has 0 aliphatic carbocycles. The zero-order chi connectivity index (χ0) is 9.80. The predicted octanol–water partition coefficient (Wildman–Crippen LogP) is 0.899. The summed E-state index contributed by atoms with van der Waals surface area (Å²) in [5.74, 6) is 0.367. The summed E-state index contributed by atoms with van der Waals surface area (Å²) in [5, 5.41) is 0. The molecule has 2 rings (SSSR count). The van der Waals surface area contributed by atoms with Gasteiger partial charge in [-0.05, 0) is 12.1 Å². The van der Waals surface area contributed by atoms with Gasteiger partial charge in [0, 0.05) is 37.8 Å². The maximum absolute atomic E-state index is 11.0. The van der Waals surface area contributed by atoms with Crippen LogP contribution in [0.5, 0.6) is 0 Å². The van der Waals surface area contributed by atoms with E-state index in [2.05, 4.69) is 9.88 Å². The summed E-state index contributed by atoms with van der Waals surface area (Å²) in [5.41, 5.74) is 1.10. The number of likely N-dealkylation sites (tertiary alicyclic amines) is 1. The van der Waals surface area contributed by atoms with E-state index in [4.69, 9.17) is 0 Å². The summed E-state index contributed by atoms with van der Waals surface area (Å²) in [4.78, 5) is 17.4. The lowest BCUT2D eigenvalue weighted by atomic mass is 10.2. The minimum absolute atomic E-state index is 0.367. The molecule has 0 amide bonds. The highest BCUT2D eigenvalue weighted by atomic mass is 16.1. The average molecular weight is 190 g/mol. The lowest BCUT2D eigenvalue weighted by Crippen LogP contribution is -2.23. The third kappa shape index (κ3) is 2.39. The highest BCUT2D eigenvalue weighted by molar-refractivity contribution is 5.82. The van der Waals surface area contributed by atoms with Gasteiger partial charge in [0.25, 0.3) is 0 Å². The van der Waals surface area contributed by atoms with Crippen molar-refractivity contribution in [3.8, 4) is 0 Å². The molecule has 1 aliphatic heterocycles. The Morgan fingerprint density at radius 1 is 1.43 bits per heavy atom. The van der Waals surface area contributed by atoms with Gasteiger partial charge in [-0.2, -0.15) is 0 Å². The lowest BCUT2D eigenvalue weighted by Gasteiger charge is -2.12. The Morgan fingerprint density at radius 3 is 3.00 bits per heavy atom. The van der Waals surface area contributed by atoms with E-state index in [-0.39, 0.29) is 0 Å². The number of carbonyl (C=O) groups excluding carboxylic acids is 1. The van der Waals surface area contributed by atoms with Gasteiger partial charge in [-0.1, -0.05) is 6.07 Å². The van der Waals surface area contributed by atoms with Crippen molar-refractivity contribution in [2.24, 2.45) is 0 Å². The largest absolute Gasteiger partial charge is 0.298 e. The van der Waals surface area contributed by atoms with E-state index in [1.807, 2.05) is 24.4 Å². The van der Waals surface area contributed by atoms with Crippen LogP contribution in [0.2, 0.25) is 0 Å². The molecule has 1 aromatic heterocycles. The van der Waals surface area contributed by atoms with Crippen molar-refractivity contribution < 1.29 is 4.79 Å². The minimum Gasteiger partial charge on any atom is -0.298 e. The average Bonchev–Trinajstić information content (AvgIpc) is 2.63. The van der Waals surface area contributed by atoms with E-state index in [9.17, 15) is 4.79 Å². The van der Waals surface area contributed by atoms with Gasteiger partial charge >= 0.3 is 0 Å². The second-order valence-corrected chi connectivity index (χ2v) is 3.64. The third-order valence-corrected chi connectivity index (χ3v) is 2.52. The quantitative estimate of drug-likeness (QED) is 0.710. The smallest absolute Gasteiger partial charge is 0.148 e. The van der Waals surface area contributed by atoms with Crippen molar-refractivity contribution in [3.63, 3.8) is 0 Å². The fourth-order valence-corrected chi connectivity index (χ4v) is 1.70. The van der Waals surface area contributed by atoms with Gasteiger partial charge < -0.3 is 0 Å². The highest BCUT2D eigenvalue weighted by Crippen LogP contribution is 2.05. The normalized spacial score (nSPS) is 17.6. The van der Waals surface area contributed by atoms with Gasteiger partial charge in [0.05, 0.1) is 6.54 Å². The van der Waals surface area contributed by atoms with Crippen molar-refractivity contribution in [2.45, 2.75) is 12.8 Å². The minimum atomic E-state index is 0.367. The molecule has 1 saturated heterocycles. The SMILES string of the molecule is O=C1CCN(CCc2ccccn2)C1. The molecular weight excluding hydrogens is 176 g/mol. The Kier molecular flexibility index (Phi) is 2.89. The van der Waals surface area contributed by atoms with Gasteiger partial charge in [-0.3, -0.25) is 14.7 Å². The number of hydrogen-bond acceptors (Lipinski definition) is 3. The van der Waals surface area contributed by atoms with Crippen LogP contribution >= 0.6 is 0 Å². The maximum Gasteiger partial charge on any atom is 0.148 e. The lowest BCUT2D eigenvalue weighted by molar-refractivity contribution is -0.116. The van der Waals surface area contributed by atoms with E-state index in [1.165, 1.54) is 0 Å². The van der Waals surface area contributed by atoms with Crippen LogP contribution in [-0.4, -0.2) is 35.3 Å². The molecule has 0 aromatic carbocycles. The first-order valence-electron chi connectivity index (χ1n) is 4.98. The Labute approximate surface area is 83.8 Å². The molecule has 1 fully saturated rings. The van der Waals surface area contributed by atoms with Crippen molar-refractivity contribution in [1.29, 1.82) is 0 Å². The summed E-state index contributed by atoms with van der Waals surface area (Å²) in [6.45, 7) is 2.50. The molecule has 2 heterocycles. The molecule has 0 atom stereocenters. The van der Waals surface area contributed by atoms with Gasteiger partial charge in [0.1, 0.15) is 5.78 Å². The number of rotatable bonds is 3. The predicted molar refractivity (Wildman–Crippen MR) is 54.0 cm³/mol. The molecule has 74 valence electrons. The molecule has 0 saturated carbocycles. The molecule has 1 aliphatic rings. The van der Waals surface area contributed by atoms with Crippen molar-refractivity contribution in [2.75, 3.05) is 19.6 Å². The number of Topliss-reactive ketones (excluding diaryl/α,β-unsaturated/α-hetero) is 1. The molecule has 0 N–H and O–H groups in total. The van der Waals surface area contributed by atoms with Crippen molar-refractivity contribution in [1.82, 2.24) is 9.88 Å². The Balaban J connectivity index is 1.80. The van der Waals surface area contributed by atoms with E-state index >= 15 is 0 Å². The van der Waals surface area contributed by atoms with Crippen LogP contribution in [0.4, 0.5) is 0 Å². The number of nitrogens with zero attached hydrogens (tertiary/aromatic N) is 2. The number of aromatic nitrogens is 1. The molecule has 0 bridgehead atoms. The summed E-state index contributed by atoms with van der Waals surface area (Å²) >= 11 is 0. The van der Waals surface area contributed by atoms with E-state index in [0.717, 1.165) is 31.6 Å². The maximum atomic E-state index is 11.0. The first-order valence-corrected chi connectivity index (χ1v) is 4.98. The zero-order valence-corrected chi connectivity index (χ0v) is 8.15. The molecule has 1 aromatic rings. The van der Waals surface area contributed by atoms with Crippen LogP contribution in [0.3, 0.4) is 0 Å². The van der Waals surface area contributed by atoms with Crippen molar-refractivity contribution >= 4 is 5.78 Å². The second kappa shape index (κ2) is 4.33. The topological polar surface area (TPSA) is 33.2 Å². The Morgan fingerprint density at radius 2 is 2.36 bits per heavy atom. The van der Waals surface area contributed by atoms with Gasteiger partial charge in [-0.15, -0.1) is 0 Å². The van der Waals surface area contributed by atoms with E-state index in [0.29, 0.717) is 12.3 Å². The summed E-state index contributed by atoms with van der Waals surface area (Å²) in [6.07, 6.45) is 3.47. The van der Waals surface area contributed by atoms with Crippen LogP contribution < -0.4 is 0 Å². The van der Waals surface area contributed by atoms with Crippen LogP contribution in [0.25, 0.3) is 0 Å². The van der Waals surface area contributed by atoms with Gasteiger partial charge in [-0.25, -0.2) is 0 Å². The monoisotopic (exact) mass is 190 g/mol. The van der Waals surface area contributed by atoms with Crippen LogP contribution in [0.1, 0.15) is 12.1 Å². The van der Waals surface area contributed by atoms with Gasteiger partial charge in [0.15, 0.2) is 0 Å². The third-order valence-electron chi connectivity index (χ3n) is 2.52. The van der Waals surface area contributed by atoms with Crippen LogP contribution in [0, 0.1) is 0 Å². The first kappa shape index (κ1) is 9.34. The highest BCUT2D eigenvalue weighted by Gasteiger charge is 2.18. The summed E-state index contributed by atoms with van der Waals surface area (Å²) < 4.78 is 0. The summed E-state index contributed by atoms with van der Waals surface area (Å²) in [6, 6.07) is 5.94. The molecule has 0 spiro atoms. The fourth-order valence-electron chi connectivity index (χ4n) is 1.70. The number of pyridine rings is 1. The Bertz CT molecular complexity index is 310. The van der Waals surface area contributed by atoms with E-state index in [1.54, 1.807) is 0 Å². The molecule has 0 unspecified atom stereocenters. The van der Waals surface area contributed by atoms with Crippen LogP contribution in [-0.2, 0) is 11.2 Å². The van der Waals surface area contributed by atoms with Gasteiger partial charge in [0.2, 0.25) is 0 Å². The number of carbonyl (C=O) groups is 1. The number of ketones is 1. The molecule has 3 nitrogen and oxygen atoms in total. The van der Waals surface area contributed by atoms with Crippen molar-refractivity contribution in [3.05, 3.63) is 30.1 Å². The fraction of sp³-hybridized carbons (Fsp3) is 0.455. The summed E-state index contributed by atoms with van der Waals surface area (Å²) in [7, 11) is 0. The molecule has 0 radical (unpaired) electrons. The van der Waals surface area contributed by atoms with Crippen LogP contribution in [0.15, 0.2) is 24.4 Å². The molecule has 14 heavy (non-hydrogen) atoms. The second-order valence-electron chi connectivity index (χ2n) is 3.64. The first-order chi connectivity index (χ1) is 6.84. The Hall–Kier alpha value is -1.22. The number of hydrogen-bond donors (Lipinski definition) is 0. The zero-order valence-electron chi connectivity index (χ0n) is 8.15. The standard InChI is InChI=1S/C11H14N2O/c14-11-5-8-13(9-11)7-4-10-3-1-2-6-12-10/h1-3,6H,4-5,7-9H2. The molecular formula is C11H14N2O. The van der Waals surface area contributed by atoms with E-state index < -0.39 is 0 Å².